The van der Waals surface area contributed by atoms with E-state index in [1.54, 1.807) is 13.1 Å². The molecule has 0 aromatic carbocycles. The highest BCUT2D eigenvalue weighted by molar-refractivity contribution is 5.75. The Morgan fingerprint density at radius 2 is 2.33 bits per heavy atom. The summed E-state index contributed by atoms with van der Waals surface area (Å²) >= 11 is 0. The Bertz CT molecular complexity index is 451. The molecular weight excluding hydrogens is 228 g/mol. The number of aryl methyl sites for hydroxylation is 1. The van der Waals surface area contributed by atoms with Crippen LogP contribution >= 0.6 is 0 Å². The van der Waals surface area contributed by atoms with Crippen LogP contribution in [0.2, 0.25) is 0 Å². The number of hydrogen-bond acceptors (Lipinski definition) is 4. The van der Waals surface area contributed by atoms with Crippen molar-refractivity contribution in [3.8, 4) is 6.07 Å². The monoisotopic (exact) mass is 246 g/mol. The van der Waals surface area contributed by atoms with Gasteiger partial charge in [-0.15, -0.1) is 0 Å². The van der Waals surface area contributed by atoms with Crippen LogP contribution in [-0.4, -0.2) is 17.6 Å². The zero-order valence-corrected chi connectivity index (χ0v) is 11.0. The molecular formula is C14H18N2O2. The van der Waals surface area contributed by atoms with Gasteiger partial charge in [0.05, 0.1) is 12.7 Å². The fourth-order valence-electron chi connectivity index (χ4n) is 1.87. The van der Waals surface area contributed by atoms with Crippen LogP contribution in [0.3, 0.4) is 0 Å². The Kier molecular flexibility index (Phi) is 5.31. The molecule has 0 bridgehead atoms. The standard InChI is InChI=1S/C14H18N2O2/c1-4-18-14(17)13(9-15)10(2)7-12-5-6-16-11(3)8-12/h5-6,8,10,13H,4,7H2,1-3H3. The summed E-state index contributed by atoms with van der Waals surface area (Å²) in [5, 5.41) is 9.06. The quantitative estimate of drug-likeness (QED) is 0.748. The second-order valence-electron chi connectivity index (χ2n) is 4.35. The van der Waals surface area contributed by atoms with E-state index in [0.717, 1.165) is 11.3 Å². The van der Waals surface area contributed by atoms with Gasteiger partial charge in [-0.25, -0.2) is 0 Å². The van der Waals surface area contributed by atoms with Crippen LogP contribution in [0.1, 0.15) is 25.1 Å². The number of rotatable bonds is 5. The number of carbonyl (C=O) groups excluding carboxylic acids is 1. The molecule has 0 saturated heterocycles. The minimum atomic E-state index is -0.710. The van der Waals surface area contributed by atoms with Crippen molar-refractivity contribution in [2.45, 2.75) is 27.2 Å². The minimum Gasteiger partial charge on any atom is -0.465 e. The fraction of sp³-hybridized carbons (Fsp3) is 0.500. The highest BCUT2D eigenvalue weighted by Crippen LogP contribution is 2.18. The molecule has 0 saturated carbocycles. The Morgan fingerprint density at radius 1 is 1.61 bits per heavy atom. The predicted molar refractivity (Wildman–Crippen MR) is 67.6 cm³/mol. The molecule has 1 aromatic heterocycles. The Morgan fingerprint density at radius 3 is 2.89 bits per heavy atom. The third-order valence-corrected chi connectivity index (χ3v) is 2.77. The van der Waals surface area contributed by atoms with Crippen LogP contribution in [0.25, 0.3) is 0 Å². The molecule has 0 spiro atoms. The summed E-state index contributed by atoms with van der Waals surface area (Å²) in [6.07, 6.45) is 2.41. The van der Waals surface area contributed by atoms with Crippen molar-refractivity contribution in [2.24, 2.45) is 11.8 Å². The average molecular weight is 246 g/mol. The number of aromatic nitrogens is 1. The van der Waals surface area contributed by atoms with Gasteiger partial charge in [-0.05, 0) is 43.9 Å². The number of nitrogens with zero attached hydrogens (tertiary/aromatic N) is 2. The second kappa shape index (κ2) is 6.75. The maximum Gasteiger partial charge on any atom is 0.323 e. The van der Waals surface area contributed by atoms with Crippen molar-refractivity contribution >= 4 is 5.97 Å². The molecule has 0 N–H and O–H groups in total. The van der Waals surface area contributed by atoms with Crippen LogP contribution in [0.4, 0.5) is 0 Å². The van der Waals surface area contributed by atoms with E-state index in [2.05, 4.69) is 4.98 Å². The summed E-state index contributed by atoms with van der Waals surface area (Å²) in [5.74, 6) is -1.22. The van der Waals surface area contributed by atoms with Crippen molar-refractivity contribution in [3.63, 3.8) is 0 Å². The first-order chi connectivity index (χ1) is 8.58. The molecule has 96 valence electrons. The van der Waals surface area contributed by atoms with Crippen LogP contribution < -0.4 is 0 Å². The molecule has 1 aromatic rings. The third-order valence-electron chi connectivity index (χ3n) is 2.77. The number of esters is 1. The van der Waals surface area contributed by atoms with E-state index in [1.807, 2.05) is 32.0 Å². The lowest BCUT2D eigenvalue weighted by atomic mass is 9.89. The van der Waals surface area contributed by atoms with Crippen molar-refractivity contribution in [1.82, 2.24) is 4.98 Å². The molecule has 0 aliphatic carbocycles. The van der Waals surface area contributed by atoms with Gasteiger partial charge in [0, 0.05) is 11.9 Å². The zero-order valence-electron chi connectivity index (χ0n) is 11.0. The summed E-state index contributed by atoms with van der Waals surface area (Å²) in [5.41, 5.74) is 2.02. The van der Waals surface area contributed by atoms with E-state index in [4.69, 9.17) is 10.00 Å². The topological polar surface area (TPSA) is 63.0 Å². The summed E-state index contributed by atoms with van der Waals surface area (Å²) in [6, 6.07) is 5.91. The van der Waals surface area contributed by atoms with E-state index >= 15 is 0 Å². The van der Waals surface area contributed by atoms with Crippen LogP contribution in [-0.2, 0) is 16.0 Å². The molecule has 0 aliphatic rings. The van der Waals surface area contributed by atoms with Crippen molar-refractivity contribution in [2.75, 3.05) is 6.61 Å². The maximum atomic E-state index is 11.6. The Labute approximate surface area is 108 Å². The molecule has 0 radical (unpaired) electrons. The molecule has 0 aliphatic heterocycles. The van der Waals surface area contributed by atoms with E-state index in [9.17, 15) is 4.79 Å². The van der Waals surface area contributed by atoms with Gasteiger partial charge < -0.3 is 4.74 Å². The second-order valence-corrected chi connectivity index (χ2v) is 4.35. The first-order valence-electron chi connectivity index (χ1n) is 6.06. The smallest absolute Gasteiger partial charge is 0.323 e. The largest absolute Gasteiger partial charge is 0.465 e. The van der Waals surface area contributed by atoms with Crippen LogP contribution in [0, 0.1) is 30.1 Å². The van der Waals surface area contributed by atoms with Crippen LogP contribution in [0.15, 0.2) is 18.3 Å². The highest BCUT2D eigenvalue weighted by atomic mass is 16.5. The fourth-order valence-corrected chi connectivity index (χ4v) is 1.87. The lowest BCUT2D eigenvalue weighted by Crippen LogP contribution is -2.24. The van der Waals surface area contributed by atoms with E-state index < -0.39 is 11.9 Å². The molecule has 1 heterocycles. The first kappa shape index (κ1) is 14.2. The Balaban J connectivity index is 2.71. The van der Waals surface area contributed by atoms with E-state index in [-0.39, 0.29) is 5.92 Å². The number of nitriles is 1. The highest BCUT2D eigenvalue weighted by Gasteiger charge is 2.26. The lowest BCUT2D eigenvalue weighted by molar-refractivity contribution is -0.147. The molecule has 1 rings (SSSR count). The maximum absolute atomic E-state index is 11.6. The summed E-state index contributed by atoms with van der Waals surface area (Å²) in [4.78, 5) is 15.7. The van der Waals surface area contributed by atoms with Crippen LogP contribution in [0.5, 0.6) is 0 Å². The first-order valence-corrected chi connectivity index (χ1v) is 6.06. The minimum absolute atomic E-state index is 0.0733. The number of carbonyl (C=O) groups is 1. The number of hydrogen-bond donors (Lipinski definition) is 0. The Hall–Kier alpha value is -1.89. The zero-order chi connectivity index (χ0) is 13.5. The predicted octanol–water partition coefficient (Wildman–Crippen LogP) is 2.27. The van der Waals surface area contributed by atoms with Crippen molar-refractivity contribution in [1.29, 1.82) is 5.26 Å². The molecule has 4 nitrogen and oxygen atoms in total. The summed E-state index contributed by atoms with van der Waals surface area (Å²) < 4.78 is 4.90. The molecule has 4 heteroatoms. The molecule has 0 fully saturated rings. The van der Waals surface area contributed by atoms with Crippen molar-refractivity contribution < 1.29 is 9.53 Å². The lowest BCUT2D eigenvalue weighted by Gasteiger charge is -2.16. The van der Waals surface area contributed by atoms with E-state index in [0.29, 0.717) is 13.0 Å². The van der Waals surface area contributed by atoms with Gasteiger partial charge in [-0.2, -0.15) is 5.26 Å². The number of pyridine rings is 1. The van der Waals surface area contributed by atoms with Gasteiger partial charge in [-0.3, -0.25) is 9.78 Å². The van der Waals surface area contributed by atoms with Gasteiger partial charge >= 0.3 is 5.97 Å². The van der Waals surface area contributed by atoms with E-state index in [1.165, 1.54) is 0 Å². The normalized spacial score (nSPS) is 13.4. The summed E-state index contributed by atoms with van der Waals surface area (Å²) in [6.45, 7) is 5.85. The van der Waals surface area contributed by atoms with Gasteiger partial charge in [0.15, 0.2) is 0 Å². The molecule has 2 unspecified atom stereocenters. The van der Waals surface area contributed by atoms with Gasteiger partial charge in [0.1, 0.15) is 5.92 Å². The SMILES string of the molecule is CCOC(=O)C(C#N)C(C)Cc1ccnc(C)c1. The summed E-state index contributed by atoms with van der Waals surface area (Å²) in [7, 11) is 0. The molecule has 18 heavy (non-hydrogen) atoms. The molecule has 2 atom stereocenters. The molecule has 0 amide bonds. The third kappa shape index (κ3) is 3.85. The average Bonchev–Trinajstić information content (AvgIpc) is 2.30. The van der Waals surface area contributed by atoms with Gasteiger partial charge in [0.25, 0.3) is 0 Å². The van der Waals surface area contributed by atoms with Crippen molar-refractivity contribution in [3.05, 3.63) is 29.6 Å². The van der Waals surface area contributed by atoms with Gasteiger partial charge in [-0.1, -0.05) is 6.92 Å². The number of ether oxygens (including phenoxy) is 1. The van der Waals surface area contributed by atoms with Gasteiger partial charge in [0.2, 0.25) is 0 Å².